The summed E-state index contributed by atoms with van der Waals surface area (Å²) in [6.45, 7) is 1.19. The van der Waals surface area contributed by atoms with Crippen molar-refractivity contribution in [1.29, 1.82) is 0 Å². The second-order valence-electron chi connectivity index (χ2n) is 3.96. The molecular formula is C11H13ClF3N3O. The highest BCUT2D eigenvalue weighted by Gasteiger charge is 2.42. The first-order chi connectivity index (χ1) is 8.75. The van der Waals surface area contributed by atoms with Crippen molar-refractivity contribution < 1.29 is 18.4 Å². The molecule has 8 heteroatoms. The predicted molar refractivity (Wildman–Crippen MR) is 67.6 cm³/mol. The van der Waals surface area contributed by atoms with Crippen molar-refractivity contribution in [3.05, 3.63) is 28.8 Å². The molecule has 0 bridgehead atoms. The van der Waals surface area contributed by atoms with Gasteiger partial charge in [-0.15, -0.1) is 0 Å². The van der Waals surface area contributed by atoms with Gasteiger partial charge in [0.05, 0.1) is 0 Å². The van der Waals surface area contributed by atoms with E-state index in [4.69, 9.17) is 22.5 Å². The van der Waals surface area contributed by atoms with E-state index in [1.807, 2.05) is 0 Å². The fraction of sp³-hybridized carbons (Fsp3) is 0.364. The van der Waals surface area contributed by atoms with Crippen LogP contribution in [0, 0.1) is 12.8 Å². The Bertz CT molecular complexity index is 477. The number of hydrogen-bond acceptors (Lipinski definition) is 3. The molecule has 0 amide bonds. The number of nitrogens with two attached hydrogens (primary N) is 1. The molecular weight excluding hydrogens is 283 g/mol. The maximum absolute atomic E-state index is 12.7. The Kier molecular flexibility index (Phi) is 4.88. The Morgan fingerprint density at radius 3 is 2.68 bits per heavy atom. The van der Waals surface area contributed by atoms with Gasteiger partial charge in [-0.25, -0.2) is 0 Å². The fourth-order valence-corrected chi connectivity index (χ4v) is 1.63. The number of benzene rings is 1. The van der Waals surface area contributed by atoms with Gasteiger partial charge < -0.3 is 16.3 Å². The Morgan fingerprint density at radius 2 is 2.16 bits per heavy atom. The summed E-state index contributed by atoms with van der Waals surface area (Å²) in [4.78, 5) is 0. The van der Waals surface area contributed by atoms with Crippen molar-refractivity contribution >= 4 is 23.1 Å². The van der Waals surface area contributed by atoms with Crippen LogP contribution in [0.25, 0.3) is 0 Å². The Labute approximate surface area is 113 Å². The summed E-state index contributed by atoms with van der Waals surface area (Å²) in [5.74, 6) is -2.96. The van der Waals surface area contributed by atoms with E-state index in [0.29, 0.717) is 10.7 Å². The quantitative estimate of drug-likeness (QED) is 0.346. The monoisotopic (exact) mass is 295 g/mol. The number of oxime groups is 1. The molecule has 1 aromatic rings. The summed E-state index contributed by atoms with van der Waals surface area (Å²) in [7, 11) is 0. The summed E-state index contributed by atoms with van der Waals surface area (Å²) in [6.07, 6.45) is -4.60. The summed E-state index contributed by atoms with van der Waals surface area (Å²) in [5, 5.41) is 13.8. The normalized spacial score (nSPS) is 14.3. The maximum atomic E-state index is 12.7. The number of alkyl halides is 3. The number of halogens is 4. The average Bonchev–Trinajstić information content (AvgIpc) is 2.31. The van der Waals surface area contributed by atoms with Crippen LogP contribution in [0.2, 0.25) is 5.02 Å². The highest BCUT2D eigenvalue weighted by Crippen LogP contribution is 2.28. The fourth-order valence-electron chi connectivity index (χ4n) is 1.45. The molecule has 0 aliphatic rings. The van der Waals surface area contributed by atoms with E-state index in [2.05, 4.69) is 10.5 Å². The molecule has 0 aliphatic carbocycles. The Morgan fingerprint density at radius 1 is 1.53 bits per heavy atom. The van der Waals surface area contributed by atoms with Crippen LogP contribution < -0.4 is 11.1 Å². The van der Waals surface area contributed by atoms with Crippen LogP contribution in [0.3, 0.4) is 0 Å². The first kappa shape index (κ1) is 15.4. The molecule has 1 aromatic carbocycles. The average molecular weight is 296 g/mol. The Balaban J connectivity index is 2.85. The third-order valence-electron chi connectivity index (χ3n) is 2.56. The first-order valence-electron chi connectivity index (χ1n) is 5.30. The van der Waals surface area contributed by atoms with Crippen molar-refractivity contribution in [2.75, 3.05) is 11.9 Å². The van der Waals surface area contributed by atoms with Crippen LogP contribution >= 0.6 is 11.6 Å². The number of aryl methyl sites for hydroxylation is 1. The molecule has 0 fully saturated rings. The lowest BCUT2D eigenvalue weighted by molar-refractivity contribution is -0.152. The second-order valence-corrected chi connectivity index (χ2v) is 4.40. The van der Waals surface area contributed by atoms with Gasteiger partial charge in [-0.2, -0.15) is 13.2 Å². The minimum Gasteiger partial charge on any atom is -0.409 e. The highest BCUT2D eigenvalue weighted by atomic mass is 35.5. The topological polar surface area (TPSA) is 70.6 Å². The molecule has 1 unspecified atom stereocenters. The van der Waals surface area contributed by atoms with Gasteiger partial charge in [-0.05, 0) is 24.6 Å². The van der Waals surface area contributed by atoms with Crippen LogP contribution in [0.15, 0.2) is 23.4 Å². The van der Waals surface area contributed by atoms with E-state index >= 15 is 0 Å². The van der Waals surface area contributed by atoms with Crippen molar-refractivity contribution in [3.63, 3.8) is 0 Å². The molecule has 0 aromatic heterocycles. The molecule has 4 N–H and O–H groups in total. The van der Waals surface area contributed by atoms with Crippen LogP contribution in [0.5, 0.6) is 0 Å². The molecule has 0 radical (unpaired) electrons. The lowest BCUT2D eigenvalue weighted by atomic mass is 10.1. The predicted octanol–water partition coefficient (Wildman–Crippen LogP) is 2.99. The van der Waals surface area contributed by atoms with Crippen molar-refractivity contribution in [1.82, 2.24) is 0 Å². The number of nitrogens with zero attached hydrogens (tertiary/aromatic N) is 1. The van der Waals surface area contributed by atoms with Crippen LogP contribution in [-0.2, 0) is 0 Å². The van der Waals surface area contributed by atoms with Gasteiger partial charge in [0.1, 0.15) is 5.92 Å². The van der Waals surface area contributed by atoms with Crippen LogP contribution in [0.4, 0.5) is 18.9 Å². The maximum Gasteiger partial charge on any atom is 0.400 e. The summed E-state index contributed by atoms with van der Waals surface area (Å²) in [5.41, 5.74) is 6.26. The summed E-state index contributed by atoms with van der Waals surface area (Å²) >= 11 is 5.76. The van der Waals surface area contributed by atoms with Crippen molar-refractivity contribution in [2.24, 2.45) is 16.8 Å². The lowest BCUT2D eigenvalue weighted by Gasteiger charge is -2.20. The smallest absolute Gasteiger partial charge is 0.400 e. The standard InChI is InChI=1S/C11H13ClF3N3O/c1-6-2-3-7(12)4-9(6)17-5-8(10(16)18-19)11(13,14)15/h2-4,8,17,19H,5H2,1H3,(H2,16,18). The number of amidine groups is 1. The largest absolute Gasteiger partial charge is 0.409 e. The second kappa shape index (κ2) is 6.01. The summed E-state index contributed by atoms with van der Waals surface area (Å²) < 4.78 is 38.1. The van der Waals surface area contributed by atoms with E-state index in [1.165, 1.54) is 6.07 Å². The third kappa shape index (κ3) is 4.20. The molecule has 1 rings (SSSR count). The zero-order valence-electron chi connectivity index (χ0n) is 10.0. The van der Waals surface area contributed by atoms with E-state index in [1.54, 1.807) is 19.1 Å². The van der Waals surface area contributed by atoms with E-state index in [0.717, 1.165) is 5.56 Å². The SMILES string of the molecule is Cc1ccc(Cl)cc1NCC(/C(N)=N/O)C(F)(F)F. The molecule has 0 aliphatic heterocycles. The molecule has 1 atom stereocenters. The number of anilines is 1. The number of nitrogens with one attached hydrogen (secondary N) is 1. The molecule has 0 spiro atoms. The number of rotatable bonds is 4. The Hall–Kier alpha value is -1.63. The zero-order valence-corrected chi connectivity index (χ0v) is 10.8. The van der Waals surface area contributed by atoms with Gasteiger partial charge in [0.15, 0.2) is 5.84 Å². The van der Waals surface area contributed by atoms with Gasteiger partial charge in [0.2, 0.25) is 0 Å². The van der Waals surface area contributed by atoms with Gasteiger partial charge in [0, 0.05) is 17.3 Å². The molecule has 0 saturated heterocycles. The van der Waals surface area contributed by atoms with E-state index < -0.39 is 24.5 Å². The highest BCUT2D eigenvalue weighted by molar-refractivity contribution is 6.30. The third-order valence-corrected chi connectivity index (χ3v) is 2.80. The molecule has 0 heterocycles. The van der Waals surface area contributed by atoms with Crippen molar-refractivity contribution in [2.45, 2.75) is 13.1 Å². The van der Waals surface area contributed by atoms with Gasteiger partial charge in [-0.3, -0.25) is 0 Å². The molecule has 19 heavy (non-hydrogen) atoms. The minimum atomic E-state index is -4.60. The summed E-state index contributed by atoms with van der Waals surface area (Å²) in [6, 6.07) is 4.82. The van der Waals surface area contributed by atoms with Gasteiger partial charge in [0.25, 0.3) is 0 Å². The minimum absolute atomic E-state index is 0.403. The zero-order chi connectivity index (χ0) is 14.6. The number of hydrogen-bond donors (Lipinski definition) is 3. The molecule has 4 nitrogen and oxygen atoms in total. The first-order valence-corrected chi connectivity index (χ1v) is 5.67. The molecule has 0 saturated carbocycles. The van der Waals surface area contributed by atoms with Gasteiger partial charge in [-0.1, -0.05) is 22.8 Å². The van der Waals surface area contributed by atoms with Crippen molar-refractivity contribution in [3.8, 4) is 0 Å². The van der Waals surface area contributed by atoms with Gasteiger partial charge >= 0.3 is 6.18 Å². The van der Waals surface area contributed by atoms with E-state index in [-0.39, 0.29) is 0 Å². The van der Waals surface area contributed by atoms with Crippen LogP contribution in [-0.4, -0.2) is 23.8 Å². The van der Waals surface area contributed by atoms with Crippen LogP contribution in [0.1, 0.15) is 5.56 Å². The lowest BCUT2D eigenvalue weighted by Crippen LogP contribution is -2.40. The molecule has 106 valence electrons. The van der Waals surface area contributed by atoms with E-state index in [9.17, 15) is 13.2 Å².